The van der Waals surface area contributed by atoms with Crippen LogP contribution in [0, 0.1) is 16.0 Å². The van der Waals surface area contributed by atoms with E-state index in [4.69, 9.17) is 0 Å². The Hall–Kier alpha value is -3.42. The van der Waals surface area contributed by atoms with E-state index in [1.165, 1.54) is 6.07 Å². The lowest BCUT2D eigenvalue weighted by Gasteiger charge is -2.37. The second-order valence-electron chi connectivity index (χ2n) is 8.10. The lowest BCUT2D eigenvalue weighted by Crippen LogP contribution is -2.52. The van der Waals surface area contributed by atoms with Crippen LogP contribution in [-0.4, -0.2) is 47.8 Å². The van der Waals surface area contributed by atoms with Crippen LogP contribution in [0.3, 0.4) is 0 Å². The number of non-ortho nitro benzene ring substituents is 1. The third kappa shape index (κ3) is 5.81. The Bertz CT molecular complexity index is 924. The average Bonchev–Trinajstić information content (AvgIpc) is 2.77. The zero-order valence-corrected chi connectivity index (χ0v) is 17.9. The maximum absolute atomic E-state index is 13.3. The van der Waals surface area contributed by atoms with Gasteiger partial charge in [-0.25, -0.2) is 0 Å². The molecule has 1 unspecified atom stereocenters. The van der Waals surface area contributed by atoms with Crippen molar-refractivity contribution in [2.75, 3.05) is 31.1 Å². The van der Waals surface area contributed by atoms with E-state index in [0.29, 0.717) is 32.6 Å². The number of hydrogen-bond acceptors (Lipinski definition) is 5. The Morgan fingerprint density at radius 1 is 1.03 bits per heavy atom. The van der Waals surface area contributed by atoms with Crippen LogP contribution in [0.5, 0.6) is 0 Å². The molecule has 3 rings (SSSR count). The fourth-order valence-corrected chi connectivity index (χ4v) is 3.69. The second-order valence-corrected chi connectivity index (χ2v) is 8.10. The van der Waals surface area contributed by atoms with E-state index in [-0.39, 0.29) is 23.4 Å². The lowest BCUT2D eigenvalue weighted by molar-refractivity contribution is -0.384. The van der Waals surface area contributed by atoms with Gasteiger partial charge in [0.1, 0.15) is 6.04 Å². The van der Waals surface area contributed by atoms with Crippen LogP contribution in [0.4, 0.5) is 11.4 Å². The van der Waals surface area contributed by atoms with Gasteiger partial charge < -0.3 is 15.1 Å². The number of hydrogen-bond donors (Lipinski definition) is 1. The first kappa shape index (κ1) is 22.3. The molecule has 0 radical (unpaired) electrons. The monoisotopic (exact) mass is 424 g/mol. The molecule has 8 nitrogen and oxygen atoms in total. The number of nitro benzene ring substituents is 1. The molecule has 0 aliphatic carbocycles. The summed E-state index contributed by atoms with van der Waals surface area (Å²) >= 11 is 0. The molecule has 2 amide bonds. The Morgan fingerprint density at radius 3 is 2.32 bits per heavy atom. The van der Waals surface area contributed by atoms with Gasteiger partial charge in [0.15, 0.2) is 0 Å². The van der Waals surface area contributed by atoms with Crippen LogP contribution in [0.1, 0.15) is 31.9 Å². The number of nitro groups is 1. The molecule has 0 aromatic heterocycles. The van der Waals surface area contributed by atoms with Gasteiger partial charge in [-0.3, -0.25) is 19.7 Å². The Labute approximate surface area is 182 Å². The van der Waals surface area contributed by atoms with Crippen molar-refractivity contribution in [3.05, 3.63) is 70.3 Å². The number of benzene rings is 2. The number of carbonyl (C=O) groups is 2. The molecular weight excluding hydrogens is 396 g/mol. The molecule has 2 aromatic carbocycles. The van der Waals surface area contributed by atoms with Crippen LogP contribution in [0.25, 0.3) is 0 Å². The predicted molar refractivity (Wildman–Crippen MR) is 119 cm³/mol. The van der Waals surface area contributed by atoms with E-state index in [0.717, 1.165) is 11.3 Å². The van der Waals surface area contributed by atoms with Crippen LogP contribution in [0.2, 0.25) is 0 Å². The van der Waals surface area contributed by atoms with Gasteiger partial charge in [0.05, 0.1) is 4.92 Å². The lowest BCUT2D eigenvalue weighted by atomic mass is 10.0. The molecule has 2 aromatic rings. The largest absolute Gasteiger partial charge is 0.368 e. The molecule has 1 aliphatic rings. The van der Waals surface area contributed by atoms with Gasteiger partial charge >= 0.3 is 0 Å². The topological polar surface area (TPSA) is 95.8 Å². The fraction of sp³-hybridized carbons (Fsp3) is 0.391. The number of nitrogens with zero attached hydrogens (tertiary/aromatic N) is 3. The second kappa shape index (κ2) is 10.1. The fourth-order valence-electron chi connectivity index (χ4n) is 3.69. The first-order valence-electron chi connectivity index (χ1n) is 10.5. The number of carbonyl (C=O) groups excluding carboxylic acids is 2. The highest BCUT2D eigenvalue weighted by atomic mass is 16.6. The summed E-state index contributed by atoms with van der Waals surface area (Å²) in [7, 11) is 0. The van der Waals surface area contributed by atoms with E-state index in [2.05, 4.69) is 5.32 Å². The van der Waals surface area contributed by atoms with Crippen molar-refractivity contribution >= 4 is 23.2 Å². The van der Waals surface area contributed by atoms with Crippen LogP contribution >= 0.6 is 0 Å². The molecular formula is C23H28N4O4. The molecule has 8 heteroatoms. The predicted octanol–water partition coefficient (Wildman–Crippen LogP) is 3.15. The van der Waals surface area contributed by atoms with Crippen molar-refractivity contribution in [3.8, 4) is 0 Å². The van der Waals surface area contributed by atoms with E-state index in [1.807, 2.05) is 55.1 Å². The molecule has 0 spiro atoms. The Kier molecular flexibility index (Phi) is 7.23. The van der Waals surface area contributed by atoms with E-state index in [1.54, 1.807) is 17.0 Å². The zero-order chi connectivity index (χ0) is 22.4. The highest BCUT2D eigenvalue weighted by Crippen LogP contribution is 2.23. The molecule has 1 saturated heterocycles. The van der Waals surface area contributed by atoms with E-state index in [9.17, 15) is 19.7 Å². The summed E-state index contributed by atoms with van der Waals surface area (Å²) in [5.74, 6) is -0.0839. The standard InChI is InChI=1S/C23H28N4O4/c1-17(2)15-21(28)24-22(18-7-4-3-5-8-18)23(29)26-13-11-25(12-14-26)19-9-6-10-20(16-19)27(30)31/h3-10,16-17,22H,11-15H2,1-2H3,(H,24,28). The number of anilines is 1. The summed E-state index contributed by atoms with van der Waals surface area (Å²) in [5.41, 5.74) is 1.57. The van der Waals surface area contributed by atoms with Gasteiger partial charge in [-0.1, -0.05) is 50.2 Å². The SMILES string of the molecule is CC(C)CC(=O)NC(C(=O)N1CCN(c2cccc([N+](=O)[O-])c2)CC1)c1ccccc1. The average molecular weight is 425 g/mol. The third-order valence-corrected chi connectivity index (χ3v) is 5.28. The molecule has 31 heavy (non-hydrogen) atoms. The first-order valence-corrected chi connectivity index (χ1v) is 10.5. The highest BCUT2D eigenvalue weighted by Gasteiger charge is 2.30. The third-order valence-electron chi connectivity index (χ3n) is 5.28. The molecule has 0 saturated carbocycles. The molecule has 1 heterocycles. The van der Waals surface area contributed by atoms with E-state index >= 15 is 0 Å². The maximum Gasteiger partial charge on any atom is 0.271 e. The van der Waals surface area contributed by atoms with Crippen molar-refractivity contribution in [3.63, 3.8) is 0 Å². The van der Waals surface area contributed by atoms with Crippen LogP contribution < -0.4 is 10.2 Å². The first-order chi connectivity index (χ1) is 14.8. The van der Waals surface area contributed by atoms with Crippen molar-refractivity contribution in [2.24, 2.45) is 5.92 Å². The smallest absolute Gasteiger partial charge is 0.271 e. The van der Waals surface area contributed by atoms with Crippen molar-refractivity contribution in [1.82, 2.24) is 10.2 Å². The van der Waals surface area contributed by atoms with E-state index < -0.39 is 11.0 Å². The van der Waals surface area contributed by atoms with Crippen molar-refractivity contribution in [2.45, 2.75) is 26.3 Å². The summed E-state index contributed by atoms with van der Waals surface area (Å²) in [4.78, 5) is 40.1. The summed E-state index contributed by atoms with van der Waals surface area (Å²) in [5, 5.41) is 13.9. The Morgan fingerprint density at radius 2 is 1.71 bits per heavy atom. The van der Waals surface area contributed by atoms with Gasteiger partial charge in [-0.05, 0) is 17.5 Å². The van der Waals surface area contributed by atoms with Crippen molar-refractivity contribution in [1.29, 1.82) is 0 Å². The Balaban J connectivity index is 1.69. The molecule has 1 fully saturated rings. The molecule has 1 atom stereocenters. The molecule has 164 valence electrons. The number of rotatable bonds is 7. The number of nitrogens with one attached hydrogen (secondary N) is 1. The summed E-state index contributed by atoms with van der Waals surface area (Å²) in [6.07, 6.45) is 0.358. The summed E-state index contributed by atoms with van der Waals surface area (Å²) in [6.45, 7) is 6.01. The minimum absolute atomic E-state index is 0.0491. The zero-order valence-electron chi connectivity index (χ0n) is 17.9. The number of amides is 2. The molecule has 1 aliphatic heterocycles. The van der Waals surface area contributed by atoms with Gasteiger partial charge in [-0.2, -0.15) is 0 Å². The quantitative estimate of drug-likeness (QED) is 0.544. The minimum Gasteiger partial charge on any atom is -0.368 e. The van der Waals surface area contributed by atoms with Gasteiger partial charge in [0.2, 0.25) is 11.8 Å². The summed E-state index contributed by atoms with van der Waals surface area (Å²) in [6, 6.07) is 15.1. The van der Waals surface area contributed by atoms with Gasteiger partial charge in [0, 0.05) is 50.4 Å². The summed E-state index contributed by atoms with van der Waals surface area (Å²) < 4.78 is 0. The van der Waals surface area contributed by atoms with Crippen LogP contribution in [0.15, 0.2) is 54.6 Å². The van der Waals surface area contributed by atoms with Crippen LogP contribution in [-0.2, 0) is 9.59 Å². The number of piperazine rings is 1. The maximum atomic E-state index is 13.3. The minimum atomic E-state index is -0.725. The molecule has 1 N–H and O–H groups in total. The normalized spacial score (nSPS) is 14.9. The van der Waals surface area contributed by atoms with Crippen molar-refractivity contribution < 1.29 is 14.5 Å². The molecule has 0 bridgehead atoms. The van der Waals surface area contributed by atoms with Gasteiger partial charge in [-0.15, -0.1) is 0 Å². The highest BCUT2D eigenvalue weighted by molar-refractivity contribution is 5.89. The van der Waals surface area contributed by atoms with Gasteiger partial charge in [0.25, 0.3) is 5.69 Å².